The first-order valence-electron chi connectivity index (χ1n) is 6.56. The van der Waals surface area contributed by atoms with Crippen molar-refractivity contribution < 1.29 is 14.1 Å². The third-order valence-electron chi connectivity index (χ3n) is 3.42. The molecule has 2 aromatic rings. The van der Waals surface area contributed by atoms with Gasteiger partial charge in [-0.1, -0.05) is 12.1 Å². The van der Waals surface area contributed by atoms with Crippen LogP contribution in [-0.4, -0.2) is 20.6 Å². The number of nitrogens with one attached hydrogen (secondary N) is 1. The van der Waals surface area contributed by atoms with E-state index < -0.39 is 22.3 Å². The largest absolute Gasteiger partial charge is 0.352 e. The lowest BCUT2D eigenvalue weighted by Crippen LogP contribution is -2.25. The second-order valence-corrected chi connectivity index (χ2v) is 4.84. The lowest BCUT2D eigenvalue weighted by molar-refractivity contribution is -0.388. The maximum absolute atomic E-state index is 13.5. The molecule has 0 radical (unpaired) electrons. The summed E-state index contributed by atoms with van der Waals surface area (Å²) in [4.78, 5) is 22.0. The molecule has 0 unspecified atom stereocenters. The van der Waals surface area contributed by atoms with Gasteiger partial charge in [0.2, 0.25) is 11.7 Å². The Morgan fingerprint density at radius 1 is 1.45 bits per heavy atom. The van der Waals surface area contributed by atoms with Gasteiger partial charge in [-0.05, 0) is 13.0 Å². The minimum absolute atomic E-state index is 0.0467. The Hall–Kier alpha value is -2.77. The van der Waals surface area contributed by atoms with E-state index in [0.29, 0.717) is 0 Å². The van der Waals surface area contributed by atoms with Gasteiger partial charge in [0.1, 0.15) is 0 Å². The molecule has 0 saturated carbocycles. The van der Waals surface area contributed by atoms with Crippen molar-refractivity contribution in [3.63, 3.8) is 0 Å². The molecule has 0 saturated heterocycles. The zero-order valence-corrected chi connectivity index (χ0v) is 12.2. The first-order valence-corrected chi connectivity index (χ1v) is 6.56. The van der Waals surface area contributed by atoms with Crippen molar-refractivity contribution in [1.82, 2.24) is 15.1 Å². The quantitative estimate of drug-likeness (QED) is 0.671. The first kappa shape index (κ1) is 15.6. The number of carbonyl (C=O) groups is 1. The van der Waals surface area contributed by atoms with Crippen LogP contribution in [0.1, 0.15) is 16.8 Å². The number of nitrogens with zero attached hydrogens (tertiary/aromatic N) is 3. The lowest BCUT2D eigenvalue weighted by atomic mass is 10.1. The fourth-order valence-electron chi connectivity index (χ4n) is 2.05. The van der Waals surface area contributed by atoms with Crippen LogP contribution in [0, 0.1) is 22.9 Å². The summed E-state index contributed by atoms with van der Waals surface area (Å²) in [6.07, 6.45) is 1.38. The summed E-state index contributed by atoms with van der Waals surface area (Å²) in [5, 5.41) is 17.6. The fourth-order valence-corrected chi connectivity index (χ4v) is 2.05. The van der Waals surface area contributed by atoms with Crippen molar-refractivity contribution in [1.29, 1.82) is 0 Å². The summed E-state index contributed by atoms with van der Waals surface area (Å²) in [5.41, 5.74) is 1.15. The van der Waals surface area contributed by atoms with Crippen LogP contribution in [0.4, 0.5) is 10.1 Å². The van der Waals surface area contributed by atoms with Gasteiger partial charge in [0.25, 0.3) is 0 Å². The van der Waals surface area contributed by atoms with Crippen molar-refractivity contribution in [2.75, 3.05) is 0 Å². The molecule has 116 valence electrons. The molecule has 0 spiro atoms. The van der Waals surface area contributed by atoms with Crippen molar-refractivity contribution in [3.8, 4) is 0 Å². The molecule has 22 heavy (non-hydrogen) atoms. The summed E-state index contributed by atoms with van der Waals surface area (Å²) in [7, 11) is 1.79. The van der Waals surface area contributed by atoms with Crippen LogP contribution in [0.15, 0.2) is 24.4 Å². The zero-order chi connectivity index (χ0) is 16.3. The second-order valence-electron chi connectivity index (χ2n) is 4.84. The summed E-state index contributed by atoms with van der Waals surface area (Å²) in [5.74, 6) is -1.37. The van der Waals surface area contributed by atoms with E-state index in [-0.39, 0.29) is 18.5 Å². The number of halogens is 1. The normalized spacial score (nSPS) is 10.5. The molecule has 8 heteroatoms. The number of rotatable bonds is 5. The highest BCUT2D eigenvalue weighted by Crippen LogP contribution is 2.22. The maximum Gasteiger partial charge on any atom is 0.308 e. The standard InChI is InChI=1S/C14H15FN4O3/c1-9-11(8-17-18(9)2)7-16-13(20)6-10-4-3-5-12(15)14(10)19(21)22/h3-5,8H,6-7H2,1-2H3,(H,16,20). The Bertz CT molecular complexity index is 727. The summed E-state index contributed by atoms with van der Waals surface area (Å²) >= 11 is 0. The van der Waals surface area contributed by atoms with E-state index >= 15 is 0 Å². The Morgan fingerprint density at radius 3 is 2.77 bits per heavy atom. The second kappa shape index (κ2) is 6.33. The van der Waals surface area contributed by atoms with E-state index in [1.807, 2.05) is 6.92 Å². The number of amides is 1. The average molecular weight is 306 g/mol. The lowest BCUT2D eigenvalue weighted by Gasteiger charge is -2.06. The Balaban J connectivity index is 2.05. The smallest absolute Gasteiger partial charge is 0.308 e. The van der Waals surface area contributed by atoms with Gasteiger partial charge in [0, 0.05) is 30.4 Å². The molecule has 1 heterocycles. The molecule has 1 aromatic carbocycles. The van der Waals surface area contributed by atoms with E-state index in [9.17, 15) is 19.3 Å². The third-order valence-corrected chi connectivity index (χ3v) is 3.42. The summed E-state index contributed by atoms with van der Waals surface area (Å²) < 4.78 is 15.2. The average Bonchev–Trinajstić information content (AvgIpc) is 2.76. The third kappa shape index (κ3) is 3.27. The van der Waals surface area contributed by atoms with Crippen LogP contribution >= 0.6 is 0 Å². The van der Waals surface area contributed by atoms with Crippen molar-refractivity contribution in [2.45, 2.75) is 19.9 Å². The molecule has 0 aliphatic carbocycles. The molecule has 0 aliphatic heterocycles. The van der Waals surface area contributed by atoms with Crippen LogP contribution in [0.5, 0.6) is 0 Å². The van der Waals surface area contributed by atoms with E-state index in [1.54, 1.807) is 17.9 Å². The Kier molecular flexibility index (Phi) is 4.50. The van der Waals surface area contributed by atoms with Crippen molar-refractivity contribution >= 4 is 11.6 Å². The summed E-state index contributed by atoms with van der Waals surface area (Å²) in [6.45, 7) is 2.13. The first-order chi connectivity index (χ1) is 10.4. The van der Waals surface area contributed by atoms with Gasteiger partial charge in [-0.15, -0.1) is 0 Å². The van der Waals surface area contributed by atoms with E-state index in [4.69, 9.17) is 0 Å². The monoisotopic (exact) mass is 306 g/mol. The van der Waals surface area contributed by atoms with Gasteiger partial charge < -0.3 is 5.32 Å². The van der Waals surface area contributed by atoms with Crippen molar-refractivity contribution in [2.24, 2.45) is 7.05 Å². The molecular formula is C14H15FN4O3. The molecule has 1 N–H and O–H groups in total. The number of hydrogen-bond acceptors (Lipinski definition) is 4. The van der Waals surface area contributed by atoms with Crippen LogP contribution in [0.3, 0.4) is 0 Å². The minimum atomic E-state index is -0.946. The van der Waals surface area contributed by atoms with Crippen molar-refractivity contribution in [3.05, 3.63) is 57.1 Å². The molecule has 7 nitrogen and oxygen atoms in total. The maximum atomic E-state index is 13.5. The highest BCUT2D eigenvalue weighted by molar-refractivity contribution is 5.79. The molecule has 0 bridgehead atoms. The van der Waals surface area contributed by atoms with Crippen LogP contribution in [0.2, 0.25) is 0 Å². The van der Waals surface area contributed by atoms with E-state index in [1.165, 1.54) is 12.1 Å². The predicted molar refractivity (Wildman–Crippen MR) is 76.6 cm³/mol. The summed E-state index contributed by atoms with van der Waals surface area (Å²) in [6, 6.07) is 3.71. The molecule has 1 aromatic heterocycles. The number of hydrogen-bond donors (Lipinski definition) is 1. The van der Waals surface area contributed by atoms with Crippen LogP contribution < -0.4 is 5.32 Å². The molecule has 0 aliphatic rings. The highest BCUT2D eigenvalue weighted by atomic mass is 19.1. The van der Waals surface area contributed by atoms with Gasteiger partial charge in [-0.2, -0.15) is 9.49 Å². The Labute approximate surface area is 125 Å². The van der Waals surface area contributed by atoms with Crippen LogP contribution in [0.25, 0.3) is 0 Å². The van der Waals surface area contributed by atoms with Gasteiger partial charge >= 0.3 is 5.69 Å². The number of aromatic nitrogens is 2. The van der Waals surface area contributed by atoms with Crippen LogP contribution in [-0.2, 0) is 24.8 Å². The molecular weight excluding hydrogens is 291 g/mol. The van der Waals surface area contributed by atoms with Gasteiger partial charge in [-0.25, -0.2) is 0 Å². The number of carbonyl (C=O) groups excluding carboxylic acids is 1. The predicted octanol–water partition coefficient (Wildman–Crippen LogP) is 1.63. The van der Waals surface area contributed by atoms with Gasteiger partial charge in [0.15, 0.2) is 0 Å². The van der Waals surface area contributed by atoms with E-state index in [2.05, 4.69) is 10.4 Å². The molecule has 2 rings (SSSR count). The topological polar surface area (TPSA) is 90.1 Å². The number of nitro benzene ring substituents is 1. The minimum Gasteiger partial charge on any atom is -0.352 e. The number of para-hydroxylation sites is 1. The van der Waals surface area contributed by atoms with Gasteiger partial charge in [-0.3, -0.25) is 19.6 Å². The zero-order valence-electron chi connectivity index (χ0n) is 12.2. The van der Waals surface area contributed by atoms with E-state index in [0.717, 1.165) is 17.3 Å². The van der Waals surface area contributed by atoms with Gasteiger partial charge in [0.05, 0.1) is 17.5 Å². The number of benzene rings is 1. The molecule has 1 amide bonds. The number of aryl methyl sites for hydroxylation is 1. The fraction of sp³-hybridized carbons (Fsp3) is 0.286. The Morgan fingerprint density at radius 2 is 2.18 bits per heavy atom. The highest BCUT2D eigenvalue weighted by Gasteiger charge is 2.21. The SMILES string of the molecule is Cc1c(CNC(=O)Cc2cccc(F)c2[N+](=O)[O-])cnn1C. The molecule has 0 atom stereocenters. The number of nitro groups is 1. The molecule has 0 fully saturated rings.